The number of nitrogens with zero attached hydrogens (tertiary/aromatic N) is 2. The SMILES string of the molecule is Cc1ccc(C)c(CSC2=NCCN2C(=O)c2ccc(C(C)(C)C)cc2)c1. The molecule has 3 nitrogen and oxygen atoms in total. The Balaban J connectivity index is 1.70. The molecule has 1 aliphatic heterocycles. The van der Waals surface area contributed by atoms with E-state index in [0.717, 1.165) is 16.5 Å². The Morgan fingerprint density at radius 1 is 1.11 bits per heavy atom. The summed E-state index contributed by atoms with van der Waals surface area (Å²) in [5, 5.41) is 0.834. The number of aliphatic imine (C=N–C) groups is 1. The highest BCUT2D eigenvalue weighted by atomic mass is 32.2. The minimum absolute atomic E-state index is 0.0418. The van der Waals surface area contributed by atoms with E-state index in [9.17, 15) is 4.79 Å². The molecule has 0 fully saturated rings. The number of hydrogen-bond donors (Lipinski definition) is 0. The van der Waals surface area contributed by atoms with Crippen molar-refractivity contribution in [2.24, 2.45) is 4.99 Å². The molecule has 142 valence electrons. The summed E-state index contributed by atoms with van der Waals surface area (Å²) in [6.07, 6.45) is 0. The Morgan fingerprint density at radius 3 is 2.48 bits per heavy atom. The molecule has 0 saturated heterocycles. The average molecular weight is 381 g/mol. The van der Waals surface area contributed by atoms with Gasteiger partial charge in [-0.1, -0.05) is 68.4 Å². The van der Waals surface area contributed by atoms with Crippen molar-refractivity contribution in [1.82, 2.24) is 4.90 Å². The van der Waals surface area contributed by atoms with Crippen LogP contribution in [0.4, 0.5) is 0 Å². The van der Waals surface area contributed by atoms with E-state index in [2.05, 4.69) is 69.9 Å². The highest BCUT2D eigenvalue weighted by Crippen LogP contribution is 2.25. The van der Waals surface area contributed by atoms with Crippen LogP contribution in [0.2, 0.25) is 0 Å². The predicted octanol–water partition coefficient (Wildman–Crippen LogP) is 5.35. The van der Waals surface area contributed by atoms with Crippen LogP contribution in [0, 0.1) is 13.8 Å². The van der Waals surface area contributed by atoms with Crippen molar-refractivity contribution in [3.63, 3.8) is 0 Å². The number of rotatable bonds is 3. The molecule has 2 aromatic rings. The van der Waals surface area contributed by atoms with Gasteiger partial charge in [-0.05, 0) is 48.1 Å². The zero-order chi connectivity index (χ0) is 19.6. The topological polar surface area (TPSA) is 32.7 Å². The molecule has 0 aliphatic carbocycles. The van der Waals surface area contributed by atoms with Gasteiger partial charge in [0, 0.05) is 17.9 Å². The maximum atomic E-state index is 13.0. The molecule has 0 spiro atoms. The van der Waals surface area contributed by atoms with Crippen LogP contribution in [-0.4, -0.2) is 29.1 Å². The molecular formula is C23H28N2OS. The second-order valence-corrected chi connectivity index (χ2v) is 9.11. The summed E-state index contributed by atoms with van der Waals surface area (Å²) < 4.78 is 0. The second kappa shape index (κ2) is 7.89. The second-order valence-electron chi connectivity index (χ2n) is 8.17. The molecule has 0 radical (unpaired) electrons. The highest BCUT2D eigenvalue weighted by molar-refractivity contribution is 8.13. The molecule has 2 aromatic carbocycles. The van der Waals surface area contributed by atoms with E-state index in [1.54, 1.807) is 11.8 Å². The van der Waals surface area contributed by atoms with E-state index < -0.39 is 0 Å². The summed E-state index contributed by atoms with van der Waals surface area (Å²) >= 11 is 1.65. The van der Waals surface area contributed by atoms with Crippen LogP contribution in [0.5, 0.6) is 0 Å². The van der Waals surface area contributed by atoms with Gasteiger partial charge in [0.15, 0.2) is 5.17 Å². The van der Waals surface area contributed by atoms with Gasteiger partial charge in [0.25, 0.3) is 5.91 Å². The van der Waals surface area contributed by atoms with Gasteiger partial charge in [0.1, 0.15) is 0 Å². The van der Waals surface area contributed by atoms with Crippen molar-refractivity contribution in [3.05, 3.63) is 70.3 Å². The summed E-state index contributed by atoms with van der Waals surface area (Å²) in [4.78, 5) is 19.4. The van der Waals surface area contributed by atoms with Gasteiger partial charge in [0.2, 0.25) is 0 Å². The van der Waals surface area contributed by atoms with Crippen LogP contribution >= 0.6 is 11.8 Å². The molecule has 1 heterocycles. The van der Waals surface area contributed by atoms with E-state index in [4.69, 9.17) is 0 Å². The Bertz CT molecular complexity index is 863. The van der Waals surface area contributed by atoms with Crippen LogP contribution in [0.3, 0.4) is 0 Å². The molecule has 0 saturated carbocycles. The molecule has 0 bridgehead atoms. The monoisotopic (exact) mass is 380 g/mol. The highest BCUT2D eigenvalue weighted by Gasteiger charge is 2.25. The third-order valence-corrected chi connectivity index (χ3v) is 5.97. The number of amides is 1. The van der Waals surface area contributed by atoms with Gasteiger partial charge in [0.05, 0.1) is 6.54 Å². The first-order valence-electron chi connectivity index (χ1n) is 9.41. The lowest BCUT2D eigenvalue weighted by Crippen LogP contribution is -2.32. The fourth-order valence-electron chi connectivity index (χ4n) is 3.11. The number of aryl methyl sites for hydroxylation is 2. The van der Waals surface area contributed by atoms with Gasteiger partial charge in [-0.15, -0.1) is 0 Å². The van der Waals surface area contributed by atoms with Gasteiger partial charge in [-0.25, -0.2) is 0 Å². The van der Waals surface area contributed by atoms with E-state index in [0.29, 0.717) is 13.1 Å². The molecule has 0 atom stereocenters. The molecule has 27 heavy (non-hydrogen) atoms. The Hall–Kier alpha value is -2.07. The molecular weight excluding hydrogens is 352 g/mol. The van der Waals surface area contributed by atoms with E-state index in [1.165, 1.54) is 22.3 Å². The quantitative estimate of drug-likeness (QED) is 0.719. The van der Waals surface area contributed by atoms with Gasteiger partial charge < -0.3 is 0 Å². The normalized spacial score (nSPS) is 14.4. The summed E-state index contributed by atoms with van der Waals surface area (Å²) in [6, 6.07) is 14.5. The van der Waals surface area contributed by atoms with Crippen LogP contribution in [-0.2, 0) is 11.2 Å². The molecule has 1 aliphatic rings. The predicted molar refractivity (Wildman–Crippen MR) is 116 cm³/mol. The average Bonchev–Trinajstić information content (AvgIpc) is 3.10. The smallest absolute Gasteiger partial charge is 0.259 e. The van der Waals surface area contributed by atoms with Gasteiger partial charge in [-0.3, -0.25) is 14.7 Å². The Labute approximate surface area is 166 Å². The van der Waals surface area contributed by atoms with E-state index in [1.807, 2.05) is 17.0 Å². The zero-order valence-electron chi connectivity index (χ0n) is 16.9. The first-order chi connectivity index (χ1) is 12.8. The minimum Gasteiger partial charge on any atom is -0.286 e. The first-order valence-corrected chi connectivity index (χ1v) is 10.4. The standard InChI is InChI=1S/C23H28N2OS/c1-16-6-7-17(2)19(14-16)15-27-22-24-12-13-25(22)21(26)18-8-10-20(11-9-18)23(3,4)5/h6-11,14H,12-13,15H2,1-5H3. The molecule has 4 heteroatoms. The number of amidine groups is 1. The summed E-state index contributed by atoms with van der Waals surface area (Å²) in [7, 11) is 0. The van der Waals surface area contributed by atoms with Gasteiger partial charge in [-0.2, -0.15) is 0 Å². The van der Waals surface area contributed by atoms with Crippen LogP contribution in [0.15, 0.2) is 47.5 Å². The lowest BCUT2D eigenvalue weighted by atomic mass is 9.86. The molecule has 0 unspecified atom stereocenters. The Morgan fingerprint density at radius 2 is 1.81 bits per heavy atom. The molecule has 3 rings (SSSR count). The van der Waals surface area contributed by atoms with Crippen molar-refractivity contribution in [2.45, 2.75) is 45.8 Å². The first kappa shape index (κ1) is 19.7. The largest absolute Gasteiger partial charge is 0.286 e. The number of thioether (sulfide) groups is 1. The molecule has 0 aromatic heterocycles. The minimum atomic E-state index is 0.0418. The lowest BCUT2D eigenvalue weighted by Gasteiger charge is -2.21. The summed E-state index contributed by atoms with van der Waals surface area (Å²) in [5.74, 6) is 0.874. The van der Waals surface area contributed by atoms with Crippen molar-refractivity contribution in [2.75, 3.05) is 13.1 Å². The van der Waals surface area contributed by atoms with Crippen molar-refractivity contribution < 1.29 is 4.79 Å². The fourth-order valence-corrected chi connectivity index (χ4v) is 4.21. The maximum Gasteiger partial charge on any atom is 0.259 e. The lowest BCUT2D eigenvalue weighted by molar-refractivity contribution is 0.0860. The fraction of sp³-hybridized carbons (Fsp3) is 0.391. The summed E-state index contributed by atoms with van der Waals surface area (Å²) in [5.41, 5.74) is 5.89. The number of hydrogen-bond acceptors (Lipinski definition) is 3. The van der Waals surface area contributed by atoms with Gasteiger partial charge >= 0.3 is 0 Å². The van der Waals surface area contributed by atoms with Crippen molar-refractivity contribution in [3.8, 4) is 0 Å². The molecule has 0 N–H and O–H groups in total. The summed E-state index contributed by atoms with van der Waals surface area (Å²) in [6.45, 7) is 12.1. The van der Waals surface area contributed by atoms with Crippen molar-refractivity contribution >= 4 is 22.8 Å². The molecule has 1 amide bonds. The third kappa shape index (κ3) is 4.62. The zero-order valence-corrected chi connectivity index (χ0v) is 17.7. The van der Waals surface area contributed by atoms with Crippen molar-refractivity contribution in [1.29, 1.82) is 0 Å². The number of benzene rings is 2. The van der Waals surface area contributed by atoms with E-state index in [-0.39, 0.29) is 11.3 Å². The number of carbonyl (C=O) groups excluding carboxylic acids is 1. The number of carbonyl (C=O) groups is 1. The van der Waals surface area contributed by atoms with Crippen LogP contribution in [0.25, 0.3) is 0 Å². The van der Waals surface area contributed by atoms with Crippen LogP contribution in [0.1, 0.15) is 53.4 Å². The maximum absolute atomic E-state index is 13.0. The Kier molecular flexibility index (Phi) is 5.75. The van der Waals surface area contributed by atoms with E-state index >= 15 is 0 Å². The third-order valence-electron chi connectivity index (χ3n) is 4.91. The van der Waals surface area contributed by atoms with Crippen LogP contribution < -0.4 is 0 Å².